The number of benzene rings is 1. The highest BCUT2D eigenvalue weighted by molar-refractivity contribution is 5.94. The maximum Gasteiger partial charge on any atom is 0.340 e. The summed E-state index contributed by atoms with van der Waals surface area (Å²) in [6.45, 7) is -0.0210. The summed E-state index contributed by atoms with van der Waals surface area (Å²) in [6, 6.07) is 8.48. The average molecular weight is 271 g/mol. The molecule has 0 radical (unpaired) electrons. The van der Waals surface area contributed by atoms with Gasteiger partial charge in [-0.2, -0.15) is 5.26 Å². The number of esters is 1. The fraction of sp³-hybridized carbons (Fsp3) is 0.0714. The van der Waals surface area contributed by atoms with E-state index in [9.17, 15) is 9.18 Å². The summed E-state index contributed by atoms with van der Waals surface area (Å²) < 4.78 is 17.9. The minimum absolute atomic E-state index is 0.0162. The molecule has 100 valence electrons. The highest BCUT2D eigenvalue weighted by Crippen LogP contribution is 2.15. The van der Waals surface area contributed by atoms with Crippen molar-refractivity contribution in [2.24, 2.45) is 0 Å². The van der Waals surface area contributed by atoms with E-state index in [-0.39, 0.29) is 23.6 Å². The molecule has 1 aromatic heterocycles. The number of carbonyl (C=O) groups excluding carboxylic acids is 1. The number of carbonyl (C=O) groups is 1. The first-order valence-corrected chi connectivity index (χ1v) is 5.67. The number of ether oxygens (including phenoxy) is 1. The van der Waals surface area contributed by atoms with Crippen LogP contribution < -0.4 is 5.73 Å². The summed E-state index contributed by atoms with van der Waals surface area (Å²) in [7, 11) is 0. The molecule has 0 bridgehead atoms. The van der Waals surface area contributed by atoms with Crippen LogP contribution in [0.5, 0.6) is 0 Å². The molecule has 20 heavy (non-hydrogen) atoms. The van der Waals surface area contributed by atoms with E-state index in [2.05, 4.69) is 4.98 Å². The van der Waals surface area contributed by atoms with Gasteiger partial charge in [-0.1, -0.05) is 0 Å². The number of anilines is 1. The molecule has 0 spiro atoms. The van der Waals surface area contributed by atoms with Gasteiger partial charge in [-0.25, -0.2) is 14.2 Å². The second-order valence-electron chi connectivity index (χ2n) is 3.97. The Morgan fingerprint density at radius 3 is 2.90 bits per heavy atom. The molecule has 6 heteroatoms. The van der Waals surface area contributed by atoms with E-state index >= 15 is 0 Å². The quantitative estimate of drug-likeness (QED) is 0.681. The zero-order valence-electron chi connectivity index (χ0n) is 10.3. The molecule has 0 aliphatic rings. The Balaban J connectivity index is 2.07. The fourth-order valence-electron chi connectivity index (χ4n) is 1.57. The molecule has 0 atom stereocenters. The minimum atomic E-state index is -0.655. The van der Waals surface area contributed by atoms with Crippen molar-refractivity contribution in [2.75, 3.05) is 5.73 Å². The van der Waals surface area contributed by atoms with Crippen molar-refractivity contribution in [3.63, 3.8) is 0 Å². The SMILES string of the molecule is N#Cc1cc(COC(=O)c2ccc(F)cc2N)ccn1. The second-order valence-corrected chi connectivity index (χ2v) is 3.97. The molecule has 2 rings (SSSR count). The summed E-state index contributed by atoms with van der Waals surface area (Å²) in [4.78, 5) is 15.6. The molecule has 0 aliphatic carbocycles. The highest BCUT2D eigenvalue weighted by atomic mass is 19.1. The molecular weight excluding hydrogens is 261 g/mol. The smallest absolute Gasteiger partial charge is 0.340 e. The number of halogens is 1. The van der Waals surface area contributed by atoms with Gasteiger partial charge in [0.15, 0.2) is 0 Å². The predicted octanol–water partition coefficient (Wildman–Crippen LogP) is 2.03. The third kappa shape index (κ3) is 3.09. The summed E-state index contributed by atoms with van der Waals surface area (Å²) in [5.41, 5.74) is 6.52. The first-order valence-electron chi connectivity index (χ1n) is 5.67. The zero-order chi connectivity index (χ0) is 14.5. The molecule has 0 amide bonds. The van der Waals surface area contributed by atoms with Crippen LogP contribution in [-0.4, -0.2) is 11.0 Å². The molecule has 0 unspecified atom stereocenters. The van der Waals surface area contributed by atoms with Gasteiger partial charge >= 0.3 is 5.97 Å². The molecule has 5 nitrogen and oxygen atoms in total. The van der Waals surface area contributed by atoms with Crippen molar-refractivity contribution < 1.29 is 13.9 Å². The molecule has 2 aromatic rings. The van der Waals surface area contributed by atoms with Crippen LogP contribution in [0.3, 0.4) is 0 Å². The summed E-state index contributed by atoms with van der Waals surface area (Å²) >= 11 is 0. The lowest BCUT2D eigenvalue weighted by molar-refractivity contribution is 0.0474. The standard InChI is InChI=1S/C14H10FN3O2/c15-10-1-2-12(13(17)6-10)14(19)20-8-9-3-4-18-11(5-9)7-16/h1-6H,8,17H2. The number of nitrogens with two attached hydrogens (primary N) is 1. The summed E-state index contributed by atoms with van der Waals surface area (Å²) in [5.74, 6) is -1.18. The third-order valence-corrected chi connectivity index (χ3v) is 2.54. The van der Waals surface area contributed by atoms with Crippen molar-refractivity contribution in [1.82, 2.24) is 4.98 Å². The number of hydrogen-bond acceptors (Lipinski definition) is 5. The van der Waals surface area contributed by atoms with E-state index in [1.54, 1.807) is 6.07 Å². The van der Waals surface area contributed by atoms with Crippen LogP contribution >= 0.6 is 0 Å². The van der Waals surface area contributed by atoms with Gasteiger partial charge < -0.3 is 10.5 Å². The van der Waals surface area contributed by atoms with E-state index in [1.165, 1.54) is 18.3 Å². The van der Waals surface area contributed by atoms with E-state index < -0.39 is 11.8 Å². The Bertz CT molecular complexity index is 695. The van der Waals surface area contributed by atoms with Crippen molar-refractivity contribution in [2.45, 2.75) is 6.61 Å². The maximum atomic E-state index is 12.9. The normalized spacial score (nSPS) is 9.80. The van der Waals surface area contributed by atoms with Gasteiger partial charge in [-0.15, -0.1) is 0 Å². The van der Waals surface area contributed by atoms with Gasteiger partial charge in [0.05, 0.1) is 5.56 Å². The van der Waals surface area contributed by atoms with E-state index in [1.807, 2.05) is 6.07 Å². The van der Waals surface area contributed by atoms with E-state index in [4.69, 9.17) is 15.7 Å². The fourth-order valence-corrected chi connectivity index (χ4v) is 1.57. The van der Waals surface area contributed by atoms with Crippen LogP contribution in [-0.2, 0) is 11.3 Å². The first-order chi connectivity index (χ1) is 9.60. The number of hydrogen-bond donors (Lipinski definition) is 1. The van der Waals surface area contributed by atoms with Crippen LogP contribution in [0.1, 0.15) is 21.6 Å². The van der Waals surface area contributed by atoms with Crippen molar-refractivity contribution in [3.8, 4) is 6.07 Å². The molecule has 1 aromatic carbocycles. The molecule has 0 aliphatic heterocycles. The first kappa shape index (κ1) is 13.5. The lowest BCUT2D eigenvalue weighted by Crippen LogP contribution is -2.08. The summed E-state index contributed by atoms with van der Waals surface area (Å²) in [5, 5.41) is 8.71. The molecule has 0 fully saturated rings. The van der Waals surface area contributed by atoms with Crippen molar-refractivity contribution in [1.29, 1.82) is 5.26 Å². The lowest BCUT2D eigenvalue weighted by atomic mass is 10.2. The molecule has 0 saturated heterocycles. The van der Waals surface area contributed by atoms with E-state index in [0.717, 1.165) is 12.1 Å². The van der Waals surface area contributed by atoms with Gasteiger partial charge in [0.1, 0.15) is 24.2 Å². The maximum absolute atomic E-state index is 12.9. The molecule has 2 N–H and O–H groups in total. The monoisotopic (exact) mass is 271 g/mol. The highest BCUT2D eigenvalue weighted by Gasteiger charge is 2.12. The number of nitrogens with zero attached hydrogens (tertiary/aromatic N) is 2. The Labute approximate surface area is 114 Å². The number of aromatic nitrogens is 1. The van der Waals surface area contributed by atoms with E-state index in [0.29, 0.717) is 5.56 Å². The van der Waals surface area contributed by atoms with Gasteiger partial charge in [0, 0.05) is 11.9 Å². The molecule has 1 heterocycles. The Hall–Kier alpha value is -2.94. The van der Waals surface area contributed by atoms with Gasteiger partial charge in [-0.3, -0.25) is 0 Å². The van der Waals surface area contributed by atoms with Gasteiger partial charge in [0.2, 0.25) is 0 Å². The topological polar surface area (TPSA) is 89.0 Å². The van der Waals surface area contributed by atoms with Gasteiger partial charge in [0.25, 0.3) is 0 Å². The predicted molar refractivity (Wildman–Crippen MR) is 68.9 cm³/mol. The molecule has 0 saturated carbocycles. The second kappa shape index (κ2) is 5.80. The number of nitrogen functional groups attached to an aromatic ring is 1. The Kier molecular flexibility index (Phi) is 3.91. The number of rotatable bonds is 3. The summed E-state index contributed by atoms with van der Waals surface area (Å²) in [6.07, 6.45) is 1.45. The number of nitriles is 1. The van der Waals surface area contributed by atoms with Crippen LogP contribution in [0.4, 0.5) is 10.1 Å². The lowest BCUT2D eigenvalue weighted by Gasteiger charge is -2.07. The van der Waals surface area contributed by atoms with Gasteiger partial charge in [-0.05, 0) is 35.9 Å². The number of pyridine rings is 1. The minimum Gasteiger partial charge on any atom is -0.457 e. The Morgan fingerprint density at radius 2 is 2.20 bits per heavy atom. The van der Waals surface area contributed by atoms with Crippen molar-refractivity contribution in [3.05, 3.63) is 59.2 Å². The third-order valence-electron chi connectivity index (χ3n) is 2.54. The van der Waals surface area contributed by atoms with Crippen molar-refractivity contribution >= 4 is 11.7 Å². The van der Waals surface area contributed by atoms with Crippen LogP contribution in [0.25, 0.3) is 0 Å². The molecular formula is C14H10FN3O2. The average Bonchev–Trinajstić information content (AvgIpc) is 2.45. The zero-order valence-corrected chi connectivity index (χ0v) is 10.3. The van der Waals surface area contributed by atoms with Crippen LogP contribution in [0, 0.1) is 17.1 Å². The Morgan fingerprint density at radius 1 is 1.40 bits per heavy atom. The van der Waals surface area contributed by atoms with Crippen LogP contribution in [0.2, 0.25) is 0 Å². The van der Waals surface area contributed by atoms with Crippen LogP contribution in [0.15, 0.2) is 36.5 Å². The largest absolute Gasteiger partial charge is 0.457 e.